The standard InChI is InChI=1S/C51H38N4OS/c1-3-14-31(15-4-1)49-52-50(32-16-5-2-6-17-32)54-51(53-49)39-23-13-27-45-46(39)40-30-33(28-29-44(40)57-45)34-20-11-21-37-38-22-12-26-43(48(38)56-47(34)37)55-41-24-9-7-18-35(41)36-19-8-10-25-42(36)55/h1-12,14-22,24-30,49-54H,13,23H2. The molecule has 5 nitrogen and oxygen atoms in total. The number of nitrogens with zero attached hydrogens (tertiary/aromatic N) is 1. The normalized spacial score (nSPS) is 18.5. The number of hydrogen-bond donors (Lipinski definition) is 3. The van der Waals surface area contributed by atoms with E-state index in [-0.39, 0.29) is 18.5 Å². The zero-order valence-electron chi connectivity index (χ0n) is 31.1. The van der Waals surface area contributed by atoms with Crippen molar-refractivity contribution in [2.45, 2.75) is 31.3 Å². The first-order valence-electron chi connectivity index (χ1n) is 19.8. The van der Waals surface area contributed by atoms with Crippen molar-refractivity contribution in [1.29, 1.82) is 0 Å². The molecule has 12 rings (SSSR count). The van der Waals surface area contributed by atoms with Crippen LogP contribution in [0.4, 0.5) is 0 Å². The fourth-order valence-corrected chi connectivity index (χ4v) is 10.6. The number of benzene rings is 7. The zero-order valence-corrected chi connectivity index (χ0v) is 31.9. The highest BCUT2D eigenvalue weighted by Crippen LogP contribution is 2.41. The summed E-state index contributed by atoms with van der Waals surface area (Å²) in [6.07, 6.45) is 4.40. The van der Waals surface area contributed by atoms with Crippen molar-refractivity contribution in [3.8, 4) is 16.8 Å². The van der Waals surface area contributed by atoms with E-state index in [2.05, 4.69) is 190 Å². The summed E-state index contributed by atoms with van der Waals surface area (Å²) in [4.78, 5) is 0. The second-order valence-corrected chi connectivity index (χ2v) is 16.3. The van der Waals surface area contributed by atoms with Gasteiger partial charge in [-0.1, -0.05) is 140 Å². The van der Waals surface area contributed by atoms with Crippen LogP contribution in [0, 0.1) is 0 Å². The van der Waals surface area contributed by atoms with E-state index in [0.717, 1.165) is 51.6 Å². The molecule has 0 amide bonds. The molecule has 0 bridgehead atoms. The number of aromatic nitrogens is 1. The molecule has 1 aliphatic heterocycles. The van der Waals surface area contributed by atoms with E-state index in [0.29, 0.717) is 0 Å². The Morgan fingerprint density at radius 2 is 1.12 bits per heavy atom. The van der Waals surface area contributed by atoms with Crippen LogP contribution in [0.2, 0.25) is 0 Å². The fourth-order valence-electron chi connectivity index (χ4n) is 9.44. The molecule has 3 N–H and O–H groups in total. The number of furan rings is 1. The molecule has 4 heterocycles. The molecule has 3 aromatic heterocycles. The summed E-state index contributed by atoms with van der Waals surface area (Å²) in [5, 5.41) is 19.2. The summed E-state index contributed by atoms with van der Waals surface area (Å²) in [6, 6.07) is 58.9. The van der Waals surface area contributed by atoms with Gasteiger partial charge in [0.15, 0.2) is 5.58 Å². The second kappa shape index (κ2) is 13.2. The van der Waals surface area contributed by atoms with E-state index >= 15 is 0 Å². The third-order valence-corrected chi connectivity index (χ3v) is 13.2. The van der Waals surface area contributed by atoms with Crippen LogP contribution < -0.4 is 25.7 Å². The minimum atomic E-state index is -0.0198. The topological polar surface area (TPSA) is 54.2 Å². The second-order valence-electron chi connectivity index (χ2n) is 15.2. The van der Waals surface area contributed by atoms with Gasteiger partial charge in [0.25, 0.3) is 0 Å². The summed E-state index contributed by atoms with van der Waals surface area (Å²) < 4.78 is 12.1. The van der Waals surface area contributed by atoms with Gasteiger partial charge >= 0.3 is 0 Å². The highest BCUT2D eigenvalue weighted by atomic mass is 32.1. The lowest BCUT2D eigenvalue weighted by molar-refractivity contribution is 0.231. The lowest BCUT2D eigenvalue weighted by atomic mass is 9.95. The first-order valence-corrected chi connectivity index (χ1v) is 20.7. The summed E-state index contributed by atoms with van der Waals surface area (Å²) in [5.74, 6) is 0. The van der Waals surface area contributed by atoms with Gasteiger partial charge in [0.05, 0.1) is 35.2 Å². The number of thiophene rings is 1. The Morgan fingerprint density at radius 1 is 0.526 bits per heavy atom. The molecule has 57 heavy (non-hydrogen) atoms. The van der Waals surface area contributed by atoms with Gasteiger partial charge < -0.3 is 8.98 Å². The Kier molecular flexibility index (Phi) is 7.60. The van der Waals surface area contributed by atoms with E-state index in [4.69, 9.17) is 4.42 Å². The maximum absolute atomic E-state index is 7.06. The van der Waals surface area contributed by atoms with Gasteiger partial charge in [-0.2, -0.15) is 0 Å². The molecule has 2 unspecified atom stereocenters. The van der Waals surface area contributed by atoms with Crippen molar-refractivity contribution in [3.05, 3.63) is 185 Å². The Hall–Kier alpha value is -6.28. The maximum atomic E-state index is 7.06. The Balaban J connectivity index is 1.02. The number of nitrogens with one attached hydrogen (secondary N) is 3. The Labute approximate surface area is 333 Å². The molecule has 0 saturated carbocycles. The third kappa shape index (κ3) is 5.26. The van der Waals surface area contributed by atoms with Crippen LogP contribution in [0.5, 0.6) is 0 Å². The van der Waals surface area contributed by atoms with E-state index in [9.17, 15) is 0 Å². The number of hydrogen-bond acceptors (Lipinski definition) is 5. The molecule has 274 valence electrons. The number of fused-ring (bicyclic) bond motifs is 9. The van der Waals surface area contributed by atoms with Gasteiger partial charge in [-0.25, -0.2) is 0 Å². The molecule has 1 fully saturated rings. The zero-order chi connectivity index (χ0) is 37.5. The molecular formula is C51H38N4OS. The molecule has 1 saturated heterocycles. The Morgan fingerprint density at radius 3 is 1.82 bits per heavy atom. The molecule has 7 aromatic carbocycles. The average molecular weight is 755 g/mol. The summed E-state index contributed by atoms with van der Waals surface area (Å²) in [6.45, 7) is 0. The quantitative estimate of drug-likeness (QED) is 0.164. The first-order chi connectivity index (χ1) is 28.3. The predicted molar refractivity (Wildman–Crippen MR) is 237 cm³/mol. The van der Waals surface area contributed by atoms with Crippen molar-refractivity contribution in [3.63, 3.8) is 0 Å². The predicted octanol–water partition coefficient (Wildman–Crippen LogP) is 10.8. The molecule has 0 radical (unpaired) electrons. The van der Waals surface area contributed by atoms with Crippen LogP contribution in [-0.2, 0) is 0 Å². The van der Waals surface area contributed by atoms with Gasteiger partial charge in [-0.05, 0) is 65.4 Å². The molecular weight excluding hydrogens is 717 g/mol. The first kappa shape index (κ1) is 32.9. The van der Waals surface area contributed by atoms with Gasteiger partial charge in [0.1, 0.15) is 5.58 Å². The third-order valence-electron chi connectivity index (χ3n) is 12.0. The highest BCUT2D eigenvalue weighted by Gasteiger charge is 2.32. The van der Waals surface area contributed by atoms with Gasteiger partial charge in [-0.15, -0.1) is 11.3 Å². The molecule has 0 spiro atoms. The minimum absolute atomic E-state index is 0.0110. The minimum Gasteiger partial charge on any atom is -0.453 e. The maximum Gasteiger partial charge on any atom is 0.159 e. The monoisotopic (exact) mass is 754 g/mol. The number of para-hydroxylation sites is 4. The summed E-state index contributed by atoms with van der Waals surface area (Å²) in [5.41, 5.74) is 11.3. The van der Waals surface area contributed by atoms with Crippen LogP contribution >= 0.6 is 11.3 Å². The van der Waals surface area contributed by atoms with Crippen LogP contribution in [0.15, 0.2) is 168 Å². The van der Waals surface area contributed by atoms with Gasteiger partial charge in [0, 0.05) is 46.9 Å². The summed E-state index contributed by atoms with van der Waals surface area (Å²) in [7, 11) is 0. The molecule has 2 aliphatic rings. The molecule has 1 aliphatic carbocycles. The average Bonchev–Trinajstić information content (AvgIpc) is 3.96. The lowest BCUT2D eigenvalue weighted by Crippen LogP contribution is -2.60. The van der Waals surface area contributed by atoms with Crippen LogP contribution in [0.1, 0.15) is 36.3 Å². The van der Waals surface area contributed by atoms with E-state index in [1.165, 1.54) is 58.3 Å². The Bertz CT molecular complexity index is 3210. The van der Waals surface area contributed by atoms with Gasteiger partial charge in [0.2, 0.25) is 0 Å². The van der Waals surface area contributed by atoms with Crippen molar-refractivity contribution < 1.29 is 4.42 Å². The smallest absolute Gasteiger partial charge is 0.159 e. The van der Waals surface area contributed by atoms with E-state index in [1.54, 1.807) is 0 Å². The fraction of sp³-hybridized carbons (Fsp3) is 0.0980. The SMILES string of the molecule is C1=c2sc3ccc(-c4cccc5c4oc4c(-n6c7ccccc7c7ccccc76)cccc45)cc3c2=C(C2NC(c3ccccc3)NC(c3ccccc3)N2)CC1. The van der Waals surface area contributed by atoms with Crippen LogP contribution in [0.25, 0.3) is 82.3 Å². The van der Waals surface area contributed by atoms with Gasteiger partial charge in [-0.3, -0.25) is 16.0 Å². The van der Waals surface area contributed by atoms with Crippen molar-refractivity contribution in [2.24, 2.45) is 0 Å². The molecule has 2 atom stereocenters. The van der Waals surface area contributed by atoms with Crippen LogP contribution in [-0.4, -0.2) is 10.7 Å². The van der Waals surface area contributed by atoms with Crippen molar-refractivity contribution in [1.82, 2.24) is 20.5 Å². The van der Waals surface area contributed by atoms with Crippen molar-refractivity contribution in [2.75, 3.05) is 0 Å². The number of rotatable bonds is 5. The molecule has 10 aromatic rings. The summed E-state index contributed by atoms with van der Waals surface area (Å²) >= 11 is 1.90. The van der Waals surface area contributed by atoms with Crippen LogP contribution in [0.3, 0.4) is 0 Å². The molecule has 6 heteroatoms. The van der Waals surface area contributed by atoms with E-state index < -0.39 is 0 Å². The highest BCUT2D eigenvalue weighted by molar-refractivity contribution is 7.17. The van der Waals surface area contributed by atoms with Crippen molar-refractivity contribution >= 4 is 76.8 Å². The lowest BCUT2D eigenvalue weighted by Gasteiger charge is -2.40. The van der Waals surface area contributed by atoms with E-state index in [1.807, 2.05) is 11.3 Å². The largest absolute Gasteiger partial charge is 0.453 e.